The lowest BCUT2D eigenvalue weighted by Gasteiger charge is -2.35. The van der Waals surface area contributed by atoms with Crippen LogP contribution in [0.15, 0.2) is 36.4 Å². The summed E-state index contributed by atoms with van der Waals surface area (Å²) in [4.78, 5) is 27.5. The highest BCUT2D eigenvalue weighted by Gasteiger charge is 2.21. The van der Waals surface area contributed by atoms with E-state index in [9.17, 15) is 9.59 Å². The monoisotopic (exact) mass is 413 g/mol. The van der Waals surface area contributed by atoms with Crippen LogP contribution in [-0.4, -0.2) is 29.8 Å². The SMILES string of the molecule is CC(=O)NCc1ccc(C(=O)NCc2ccc(CN3CC(C)CC(C)C3)cc2)s1. The van der Waals surface area contributed by atoms with Crippen molar-refractivity contribution in [1.29, 1.82) is 0 Å². The fourth-order valence-electron chi connectivity index (χ4n) is 4.02. The van der Waals surface area contributed by atoms with E-state index in [2.05, 4.69) is 53.6 Å². The number of carbonyl (C=O) groups is 2. The number of nitrogens with zero attached hydrogens (tertiary/aromatic N) is 1. The van der Waals surface area contributed by atoms with Gasteiger partial charge in [-0.1, -0.05) is 38.1 Å². The van der Waals surface area contributed by atoms with E-state index < -0.39 is 0 Å². The molecule has 1 fully saturated rings. The van der Waals surface area contributed by atoms with Gasteiger partial charge >= 0.3 is 0 Å². The van der Waals surface area contributed by atoms with Crippen molar-refractivity contribution in [3.8, 4) is 0 Å². The summed E-state index contributed by atoms with van der Waals surface area (Å²) in [5, 5.41) is 5.73. The molecule has 0 saturated carbocycles. The lowest BCUT2D eigenvalue weighted by molar-refractivity contribution is -0.119. The third-order valence-corrected chi connectivity index (χ3v) is 6.31. The van der Waals surface area contributed by atoms with Gasteiger partial charge in [0.15, 0.2) is 0 Å². The Labute approximate surface area is 177 Å². The summed E-state index contributed by atoms with van der Waals surface area (Å²) in [6.45, 7) is 10.5. The minimum atomic E-state index is -0.0792. The predicted molar refractivity (Wildman–Crippen MR) is 118 cm³/mol. The maximum atomic E-state index is 12.4. The molecule has 1 aliphatic rings. The highest BCUT2D eigenvalue weighted by Crippen LogP contribution is 2.22. The summed E-state index contributed by atoms with van der Waals surface area (Å²) in [5.74, 6) is 1.38. The van der Waals surface area contributed by atoms with Crippen molar-refractivity contribution in [1.82, 2.24) is 15.5 Å². The Morgan fingerprint density at radius 3 is 2.28 bits per heavy atom. The molecule has 2 heterocycles. The number of carbonyl (C=O) groups excluding carboxylic acids is 2. The number of piperidine rings is 1. The van der Waals surface area contributed by atoms with Crippen LogP contribution in [0.1, 0.15) is 52.9 Å². The minimum absolute atomic E-state index is 0.0721. The zero-order valence-corrected chi connectivity index (χ0v) is 18.3. The molecule has 29 heavy (non-hydrogen) atoms. The van der Waals surface area contributed by atoms with E-state index >= 15 is 0 Å². The summed E-state index contributed by atoms with van der Waals surface area (Å²) >= 11 is 1.41. The molecule has 2 amide bonds. The average Bonchev–Trinajstić information content (AvgIpc) is 3.14. The smallest absolute Gasteiger partial charge is 0.261 e. The van der Waals surface area contributed by atoms with Gasteiger partial charge in [0, 0.05) is 38.0 Å². The maximum absolute atomic E-state index is 12.4. The van der Waals surface area contributed by atoms with Gasteiger partial charge in [0.25, 0.3) is 5.91 Å². The van der Waals surface area contributed by atoms with Crippen LogP contribution in [0.4, 0.5) is 0 Å². The maximum Gasteiger partial charge on any atom is 0.261 e. The first kappa shape index (κ1) is 21.5. The number of hydrogen-bond acceptors (Lipinski definition) is 4. The van der Waals surface area contributed by atoms with Gasteiger partial charge in [0.05, 0.1) is 11.4 Å². The lowest BCUT2D eigenvalue weighted by atomic mass is 9.91. The van der Waals surface area contributed by atoms with Crippen molar-refractivity contribution in [2.24, 2.45) is 11.8 Å². The first-order chi connectivity index (χ1) is 13.9. The fraction of sp³-hybridized carbons (Fsp3) is 0.478. The van der Waals surface area contributed by atoms with E-state index in [0.29, 0.717) is 18.0 Å². The second-order valence-electron chi connectivity index (χ2n) is 8.32. The molecule has 0 aliphatic carbocycles. The Balaban J connectivity index is 1.47. The molecule has 1 aromatic carbocycles. The molecule has 0 bridgehead atoms. The number of nitrogens with one attached hydrogen (secondary N) is 2. The lowest BCUT2D eigenvalue weighted by Crippen LogP contribution is -2.38. The van der Waals surface area contributed by atoms with Crippen LogP contribution < -0.4 is 10.6 Å². The number of likely N-dealkylation sites (tertiary alicyclic amines) is 1. The van der Waals surface area contributed by atoms with Crippen molar-refractivity contribution >= 4 is 23.2 Å². The topological polar surface area (TPSA) is 61.4 Å². The summed E-state index contributed by atoms with van der Waals surface area (Å²) in [5.41, 5.74) is 2.42. The highest BCUT2D eigenvalue weighted by molar-refractivity contribution is 7.14. The molecule has 0 spiro atoms. The third-order valence-electron chi connectivity index (χ3n) is 5.22. The minimum Gasteiger partial charge on any atom is -0.351 e. The van der Waals surface area contributed by atoms with Gasteiger partial charge in [-0.25, -0.2) is 0 Å². The van der Waals surface area contributed by atoms with Crippen LogP contribution in [0.3, 0.4) is 0 Å². The van der Waals surface area contributed by atoms with Gasteiger partial charge in [0.2, 0.25) is 5.91 Å². The van der Waals surface area contributed by atoms with E-state index in [1.54, 1.807) is 6.07 Å². The van der Waals surface area contributed by atoms with Crippen LogP contribution >= 0.6 is 11.3 Å². The molecule has 1 aromatic heterocycles. The predicted octanol–water partition coefficient (Wildman–Crippen LogP) is 3.79. The van der Waals surface area contributed by atoms with Gasteiger partial charge in [-0.2, -0.15) is 0 Å². The molecule has 2 unspecified atom stereocenters. The van der Waals surface area contributed by atoms with E-state index in [1.165, 1.54) is 43.3 Å². The first-order valence-electron chi connectivity index (χ1n) is 10.3. The largest absolute Gasteiger partial charge is 0.351 e. The van der Waals surface area contributed by atoms with E-state index in [0.717, 1.165) is 28.8 Å². The normalized spacial score (nSPS) is 19.7. The van der Waals surface area contributed by atoms with Crippen molar-refractivity contribution in [2.75, 3.05) is 13.1 Å². The van der Waals surface area contributed by atoms with E-state index in [1.807, 2.05) is 6.07 Å². The molecular formula is C23H31N3O2S. The quantitative estimate of drug-likeness (QED) is 0.726. The molecule has 156 valence electrons. The van der Waals surface area contributed by atoms with Gasteiger partial charge in [0.1, 0.15) is 0 Å². The average molecular weight is 414 g/mol. The zero-order chi connectivity index (χ0) is 20.8. The molecule has 1 aliphatic heterocycles. The first-order valence-corrected chi connectivity index (χ1v) is 11.1. The Morgan fingerprint density at radius 1 is 0.966 bits per heavy atom. The van der Waals surface area contributed by atoms with Crippen molar-refractivity contribution in [3.05, 3.63) is 57.3 Å². The van der Waals surface area contributed by atoms with Crippen molar-refractivity contribution < 1.29 is 9.59 Å². The number of amides is 2. The summed E-state index contributed by atoms with van der Waals surface area (Å²) in [6.07, 6.45) is 1.33. The molecule has 2 N–H and O–H groups in total. The summed E-state index contributed by atoms with van der Waals surface area (Å²) < 4.78 is 0. The second kappa shape index (κ2) is 10.0. The Hall–Kier alpha value is -2.18. The number of rotatable bonds is 7. The summed E-state index contributed by atoms with van der Waals surface area (Å²) in [7, 11) is 0. The molecule has 5 nitrogen and oxygen atoms in total. The standard InChI is InChI=1S/C23H31N3O2S/c1-16-10-17(2)14-26(13-16)15-20-6-4-19(5-7-20)11-25-23(28)22-9-8-21(29-22)12-24-18(3)27/h4-9,16-17H,10-15H2,1-3H3,(H,24,27)(H,25,28). The van der Waals surface area contributed by atoms with Crippen LogP contribution in [-0.2, 0) is 24.4 Å². The third kappa shape index (κ3) is 6.68. The van der Waals surface area contributed by atoms with E-state index in [4.69, 9.17) is 0 Å². The van der Waals surface area contributed by atoms with Gasteiger partial charge in [-0.15, -0.1) is 11.3 Å². The van der Waals surface area contributed by atoms with Crippen LogP contribution in [0.2, 0.25) is 0 Å². The van der Waals surface area contributed by atoms with E-state index in [-0.39, 0.29) is 11.8 Å². The Morgan fingerprint density at radius 2 is 1.62 bits per heavy atom. The van der Waals surface area contributed by atoms with Crippen molar-refractivity contribution in [2.45, 2.75) is 46.8 Å². The Bertz CT molecular complexity index is 821. The summed E-state index contributed by atoms with van der Waals surface area (Å²) in [6, 6.07) is 12.2. The van der Waals surface area contributed by atoms with Crippen LogP contribution in [0.5, 0.6) is 0 Å². The van der Waals surface area contributed by atoms with Crippen LogP contribution in [0.25, 0.3) is 0 Å². The van der Waals surface area contributed by atoms with Crippen molar-refractivity contribution in [3.63, 3.8) is 0 Å². The molecule has 2 aromatic rings. The number of benzene rings is 1. The molecule has 0 radical (unpaired) electrons. The molecular weight excluding hydrogens is 382 g/mol. The zero-order valence-electron chi connectivity index (χ0n) is 17.5. The Kier molecular flexibility index (Phi) is 7.45. The van der Waals surface area contributed by atoms with Gasteiger partial charge in [-0.05, 0) is 41.5 Å². The molecule has 2 atom stereocenters. The fourth-order valence-corrected chi connectivity index (χ4v) is 4.88. The molecule has 1 saturated heterocycles. The van der Waals surface area contributed by atoms with Crippen LogP contribution in [0, 0.1) is 11.8 Å². The van der Waals surface area contributed by atoms with Gasteiger partial charge in [-0.3, -0.25) is 14.5 Å². The molecule has 6 heteroatoms. The second-order valence-corrected chi connectivity index (χ2v) is 9.48. The number of thiophene rings is 1. The van der Waals surface area contributed by atoms with Gasteiger partial charge < -0.3 is 10.6 Å². The highest BCUT2D eigenvalue weighted by atomic mass is 32.1. The number of hydrogen-bond donors (Lipinski definition) is 2. The molecule has 3 rings (SSSR count).